The van der Waals surface area contributed by atoms with Crippen LogP contribution in [0.4, 0.5) is 32.0 Å². The first-order valence-corrected chi connectivity index (χ1v) is 6.64. The van der Waals surface area contributed by atoms with E-state index in [1.807, 2.05) is 13.8 Å². The van der Waals surface area contributed by atoms with Gasteiger partial charge in [-0.1, -0.05) is 13.8 Å². The normalized spacial score (nSPS) is 12.6. The summed E-state index contributed by atoms with van der Waals surface area (Å²) >= 11 is 0. The molecular weight excluding hydrogens is 296 g/mol. The molecule has 21 heavy (non-hydrogen) atoms. The predicted molar refractivity (Wildman–Crippen MR) is 69.2 cm³/mol. The van der Waals surface area contributed by atoms with Crippen molar-refractivity contribution in [2.45, 2.75) is 39.0 Å². The molecule has 0 aromatic heterocycles. The van der Waals surface area contributed by atoms with Crippen molar-refractivity contribution in [3.8, 4) is 0 Å². The van der Waals surface area contributed by atoms with E-state index in [1.54, 1.807) is 4.90 Å². The van der Waals surface area contributed by atoms with Gasteiger partial charge in [0.1, 0.15) is 0 Å². The molecule has 0 fully saturated rings. The van der Waals surface area contributed by atoms with E-state index >= 15 is 0 Å². The second-order valence-corrected chi connectivity index (χ2v) is 4.75. The average molecular weight is 313 g/mol. The van der Waals surface area contributed by atoms with Crippen LogP contribution in [0.5, 0.6) is 0 Å². The van der Waals surface area contributed by atoms with Crippen molar-refractivity contribution >= 4 is 5.69 Å². The Bertz CT molecular complexity index is 425. The van der Waals surface area contributed by atoms with Gasteiger partial charge in [0.25, 0.3) is 0 Å². The van der Waals surface area contributed by atoms with Crippen LogP contribution in [0.2, 0.25) is 0 Å². The highest BCUT2D eigenvalue weighted by Gasteiger charge is 2.37. The summed E-state index contributed by atoms with van der Waals surface area (Å²) in [6.07, 6.45) is -8.34. The third-order valence-electron chi connectivity index (χ3n) is 2.92. The van der Waals surface area contributed by atoms with E-state index < -0.39 is 23.5 Å². The van der Waals surface area contributed by atoms with Crippen molar-refractivity contribution < 1.29 is 26.3 Å². The predicted octanol–water partition coefficient (Wildman–Crippen LogP) is 5.35. The lowest BCUT2D eigenvalue weighted by Crippen LogP contribution is -2.26. The summed E-state index contributed by atoms with van der Waals surface area (Å²) in [5.41, 5.74) is -2.59. The maximum absolute atomic E-state index is 12.8. The number of rotatable bonds is 5. The fraction of sp³-hybridized carbons (Fsp3) is 0.571. The molecule has 1 nitrogen and oxygen atoms in total. The monoisotopic (exact) mass is 313 g/mol. The first-order chi connectivity index (χ1) is 9.59. The van der Waals surface area contributed by atoms with Crippen LogP contribution in [0.3, 0.4) is 0 Å². The minimum atomic E-state index is -4.81. The third-order valence-corrected chi connectivity index (χ3v) is 2.92. The largest absolute Gasteiger partial charge is 0.416 e. The lowest BCUT2D eigenvalue weighted by atomic mass is 10.1. The standard InChI is InChI=1S/C14H17F6N/c1-3-5-21(6-4-2)12-8-10(13(15,16)17)7-11(9-12)14(18,19)20/h7-9H,3-6H2,1-2H3. The van der Waals surface area contributed by atoms with E-state index in [0.717, 1.165) is 12.1 Å². The van der Waals surface area contributed by atoms with Gasteiger partial charge in [0.15, 0.2) is 0 Å². The molecule has 120 valence electrons. The molecule has 0 saturated heterocycles. The molecule has 7 heteroatoms. The average Bonchev–Trinajstić information content (AvgIpc) is 2.36. The van der Waals surface area contributed by atoms with Gasteiger partial charge in [-0.2, -0.15) is 26.3 Å². The van der Waals surface area contributed by atoms with E-state index in [4.69, 9.17) is 0 Å². The summed E-state index contributed by atoms with van der Waals surface area (Å²) in [4.78, 5) is 1.55. The summed E-state index contributed by atoms with van der Waals surface area (Å²) < 4.78 is 76.7. The van der Waals surface area contributed by atoms with Crippen molar-refractivity contribution in [3.05, 3.63) is 29.3 Å². The van der Waals surface area contributed by atoms with Gasteiger partial charge in [0.2, 0.25) is 0 Å². The van der Waals surface area contributed by atoms with Crippen molar-refractivity contribution in [1.29, 1.82) is 0 Å². The quantitative estimate of drug-likeness (QED) is 0.662. The summed E-state index contributed by atoms with van der Waals surface area (Å²) in [6, 6.07) is 1.71. The Morgan fingerprint density at radius 1 is 0.762 bits per heavy atom. The molecule has 0 aliphatic carbocycles. The lowest BCUT2D eigenvalue weighted by Gasteiger charge is -2.26. The molecule has 0 N–H and O–H groups in total. The Balaban J connectivity index is 3.36. The molecule has 1 aromatic rings. The molecule has 0 amide bonds. The van der Waals surface area contributed by atoms with E-state index in [0.29, 0.717) is 25.9 Å². The molecule has 0 unspecified atom stereocenters. The molecule has 0 aliphatic rings. The highest BCUT2D eigenvalue weighted by molar-refractivity contribution is 5.52. The fourth-order valence-electron chi connectivity index (χ4n) is 2.03. The van der Waals surface area contributed by atoms with E-state index in [2.05, 4.69) is 0 Å². The SMILES string of the molecule is CCCN(CCC)c1cc(C(F)(F)F)cc(C(F)(F)F)c1. The summed E-state index contributed by atoms with van der Waals surface area (Å²) in [7, 11) is 0. The number of halogens is 6. The molecule has 0 spiro atoms. The molecule has 0 bridgehead atoms. The van der Waals surface area contributed by atoms with Crippen LogP contribution in [-0.4, -0.2) is 13.1 Å². The molecular formula is C14H17F6N. The van der Waals surface area contributed by atoms with Gasteiger partial charge in [-0.25, -0.2) is 0 Å². The number of alkyl halides is 6. The maximum atomic E-state index is 12.8. The van der Waals surface area contributed by atoms with Gasteiger partial charge in [-0.3, -0.25) is 0 Å². The molecule has 0 atom stereocenters. The fourth-order valence-corrected chi connectivity index (χ4v) is 2.03. The van der Waals surface area contributed by atoms with Gasteiger partial charge < -0.3 is 4.90 Å². The van der Waals surface area contributed by atoms with Crippen LogP contribution >= 0.6 is 0 Å². The topological polar surface area (TPSA) is 3.24 Å². The van der Waals surface area contributed by atoms with Crippen LogP contribution in [-0.2, 0) is 12.4 Å². The molecule has 0 radical (unpaired) electrons. The summed E-state index contributed by atoms with van der Waals surface area (Å²) in [5, 5.41) is 0. The third kappa shape index (κ3) is 4.82. The highest BCUT2D eigenvalue weighted by Crippen LogP contribution is 2.38. The molecule has 1 aromatic carbocycles. The molecule has 0 heterocycles. The molecule has 0 aliphatic heterocycles. The van der Waals surface area contributed by atoms with Gasteiger partial charge in [-0.05, 0) is 31.0 Å². The van der Waals surface area contributed by atoms with Crippen molar-refractivity contribution in [2.24, 2.45) is 0 Å². The zero-order chi connectivity index (χ0) is 16.3. The number of hydrogen-bond acceptors (Lipinski definition) is 1. The Labute approximate surface area is 119 Å². The van der Waals surface area contributed by atoms with Gasteiger partial charge in [0.05, 0.1) is 11.1 Å². The zero-order valence-electron chi connectivity index (χ0n) is 11.8. The Morgan fingerprint density at radius 3 is 1.43 bits per heavy atom. The second kappa shape index (κ2) is 6.58. The van der Waals surface area contributed by atoms with Gasteiger partial charge in [-0.15, -0.1) is 0 Å². The Kier molecular flexibility index (Phi) is 5.53. The minimum absolute atomic E-state index is 0.0409. The number of benzene rings is 1. The van der Waals surface area contributed by atoms with Crippen LogP contribution < -0.4 is 4.90 Å². The zero-order valence-corrected chi connectivity index (χ0v) is 11.8. The van der Waals surface area contributed by atoms with Crippen molar-refractivity contribution in [1.82, 2.24) is 0 Å². The molecule has 0 saturated carbocycles. The first kappa shape index (κ1) is 17.7. The highest BCUT2D eigenvalue weighted by atomic mass is 19.4. The molecule has 1 rings (SSSR count). The van der Waals surface area contributed by atoms with Crippen LogP contribution in [0.15, 0.2) is 18.2 Å². The lowest BCUT2D eigenvalue weighted by molar-refractivity contribution is -0.143. The van der Waals surface area contributed by atoms with Crippen LogP contribution in [0.1, 0.15) is 37.8 Å². The number of hydrogen-bond donors (Lipinski definition) is 0. The Morgan fingerprint density at radius 2 is 1.14 bits per heavy atom. The van der Waals surface area contributed by atoms with E-state index in [9.17, 15) is 26.3 Å². The van der Waals surface area contributed by atoms with Crippen LogP contribution in [0, 0.1) is 0 Å². The first-order valence-electron chi connectivity index (χ1n) is 6.64. The number of anilines is 1. The summed E-state index contributed by atoms with van der Waals surface area (Å²) in [5.74, 6) is 0. The smallest absolute Gasteiger partial charge is 0.372 e. The van der Waals surface area contributed by atoms with Crippen molar-refractivity contribution in [2.75, 3.05) is 18.0 Å². The minimum Gasteiger partial charge on any atom is -0.372 e. The summed E-state index contributed by atoms with van der Waals surface area (Å²) in [6.45, 7) is 4.46. The van der Waals surface area contributed by atoms with Gasteiger partial charge >= 0.3 is 12.4 Å². The Hall–Kier alpha value is -1.40. The van der Waals surface area contributed by atoms with Crippen molar-refractivity contribution in [3.63, 3.8) is 0 Å². The van der Waals surface area contributed by atoms with E-state index in [1.165, 1.54) is 0 Å². The maximum Gasteiger partial charge on any atom is 0.416 e. The second-order valence-electron chi connectivity index (χ2n) is 4.75. The van der Waals surface area contributed by atoms with Crippen LogP contribution in [0.25, 0.3) is 0 Å². The van der Waals surface area contributed by atoms with E-state index in [-0.39, 0.29) is 11.8 Å². The van der Waals surface area contributed by atoms with Gasteiger partial charge in [0, 0.05) is 18.8 Å². The number of nitrogens with zero attached hydrogens (tertiary/aromatic N) is 1.